The van der Waals surface area contributed by atoms with Crippen LogP contribution in [0.25, 0.3) is 0 Å². The van der Waals surface area contributed by atoms with E-state index in [1.165, 1.54) is 0 Å². The lowest BCUT2D eigenvalue weighted by molar-refractivity contribution is 0.0316. The minimum atomic E-state index is -0.109. The Morgan fingerprint density at radius 1 is 1.67 bits per heavy atom. The third-order valence-corrected chi connectivity index (χ3v) is 2.61. The standard InChI is InChI=1S/C9H10ClN3O2/c10-13-3-4-15-6-8(13)7-1-2-11-9(5-14)12-7/h1-2,5,8H,3-4,6H2/t8-/m0/s1. The summed E-state index contributed by atoms with van der Waals surface area (Å²) in [5.41, 5.74) is 0.710. The Hall–Kier alpha value is -1.04. The zero-order valence-electron chi connectivity index (χ0n) is 7.97. The number of carbonyl (C=O) groups excluding carboxylic acids is 1. The Morgan fingerprint density at radius 3 is 3.27 bits per heavy atom. The van der Waals surface area contributed by atoms with E-state index in [0.717, 1.165) is 0 Å². The first-order valence-electron chi connectivity index (χ1n) is 4.59. The number of carbonyl (C=O) groups is 1. The monoisotopic (exact) mass is 227 g/mol. The van der Waals surface area contributed by atoms with E-state index in [9.17, 15) is 4.79 Å². The van der Waals surface area contributed by atoms with E-state index >= 15 is 0 Å². The first-order valence-corrected chi connectivity index (χ1v) is 4.93. The van der Waals surface area contributed by atoms with Crippen molar-refractivity contribution in [3.05, 3.63) is 23.8 Å². The summed E-state index contributed by atoms with van der Waals surface area (Å²) in [6.45, 7) is 1.75. The second kappa shape index (κ2) is 4.65. The van der Waals surface area contributed by atoms with Gasteiger partial charge in [0.1, 0.15) is 0 Å². The van der Waals surface area contributed by atoms with Gasteiger partial charge in [-0.3, -0.25) is 4.79 Å². The minimum Gasteiger partial charge on any atom is -0.378 e. The van der Waals surface area contributed by atoms with Crippen LogP contribution >= 0.6 is 11.8 Å². The Bertz CT molecular complexity index is 361. The molecule has 0 unspecified atom stereocenters. The molecule has 1 aliphatic rings. The van der Waals surface area contributed by atoms with Gasteiger partial charge in [0.05, 0.1) is 24.9 Å². The number of hydrogen-bond acceptors (Lipinski definition) is 5. The molecule has 0 amide bonds. The molecule has 6 heteroatoms. The Kier molecular flexibility index (Phi) is 3.25. The van der Waals surface area contributed by atoms with Gasteiger partial charge in [-0.1, -0.05) is 0 Å². The smallest absolute Gasteiger partial charge is 0.192 e. The normalized spacial score (nSPS) is 22.6. The number of nitrogens with zero attached hydrogens (tertiary/aromatic N) is 3. The van der Waals surface area contributed by atoms with Gasteiger partial charge in [-0.25, -0.2) is 14.4 Å². The Labute approximate surface area is 92.1 Å². The average Bonchev–Trinajstić information content (AvgIpc) is 2.30. The highest BCUT2D eigenvalue weighted by molar-refractivity contribution is 6.13. The largest absolute Gasteiger partial charge is 0.378 e. The first kappa shape index (κ1) is 10.5. The number of hydrogen-bond donors (Lipinski definition) is 0. The molecule has 1 aliphatic heterocycles. The summed E-state index contributed by atoms with van der Waals surface area (Å²) in [6.07, 6.45) is 2.16. The minimum absolute atomic E-state index is 0.109. The molecule has 1 fully saturated rings. The quantitative estimate of drug-likeness (QED) is 0.553. The molecule has 0 saturated carbocycles. The van der Waals surface area contributed by atoms with Crippen molar-refractivity contribution < 1.29 is 9.53 Å². The molecule has 1 aromatic rings. The van der Waals surface area contributed by atoms with Crippen LogP contribution in [0.4, 0.5) is 0 Å². The van der Waals surface area contributed by atoms with E-state index in [1.807, 2.05) is 0 Å². The molecular weight excluding hydrogens is 218 g/mol. The summed E-state index contributed by atoms with van der Waals surface area (Å²) in [5, 5.41) is 0. The van der Waals surface area contributed by atoms with Crippen molar-refractivity contribution in [2.45, 2.75) is 6.04 Å². The topological polar surface area (TPSA) is 55.3 Å². The van der Waals surface area contributed by atoms with Crippen LogP contribution in [0.5, 0.6) is 0 Å². The van der Waals surface area contributed by atoms with Gasteiger partial charge in [0, 0.05) is 12.7 Å². The van der Waals surface area contributed by atoms with E-state index in [-0.39, 0.29) is 11.9 Å². The zero-order chi connectivity index (χ0) is 10.7. The van der Waals surface area contributed by atoms with Crippen molar-refractivity contribution in [3.8, 4) is 0 Å². The number of rotatable bonds is 2. The van der Waals surface area contributed by atoms with E-state index in [4.69, 9.17) is 16.5 Å². The number of ether oxygens (including phenoxy) is 1. The Morgan fingerprint density at radius 2 is 2.53 bits per heavy atom. The van der Waals surface area contributed by atoms with Crippen molar-refractivity contribution in [1.29, 1.82) is 0 Å². The average molecular weight is 228 g/mol. The second-order valence-corrected chi connectivity index (χ2v) is 3.61. The van der Waals surface area contributed by atoms with Gasteiger partial charge in [-0.05, 0) is 17.8 Å². The molecule has 80 valence electrons. The molecule has 2 heterocycles. The van der Waals surface area contributed by atoms with Gasteiger partial charge in [-0.15, -0.1) is 0 Å². The highest BCUT2D eigenvalue weighted by Crippen LogP contribution is 2.23. The van der Waals surface area contributed by atoms with Crippen molar-refractivity contribution in [3.63, 3.8) is 0 Å². The predicted molar refractivity (Wildman–Crippen MR) is 53.5 cm³/mol. The maximum atomic E-state index is 10.5. The summed E-state index contributed by atoms with van der Waals surface area (Å²) in [7, 11) is 0. The van der Waals surface area contributed by atoms with Crippen LogP contribution < -0.4 is 0 Å². The molecule has 2 rings (SSSR count). The van der Waals surface area contributed by atoms with Crippen LogP contribution in [-0.4, -0.2) is 40.4 Å². The zero-order valence-corrected chi connectivity index (χ0v) is 8.72. The van der Waals surface area contributed by atoms with Gasteiger partial charge in [-0.2, -0.15) is 0 Å². The third-order valence-electron chi connectivity index (χ3n) is 2.21. The fraction of sp³-hybridized carbons (Fsp3) is 0.444. The highest BCUT2D eigenvalue weighted by Gasteiger charge is 2.24. The van der Waals surface area contributed by atoms with Crippen LogP contribution in [0.3, 0.4) is 0 Å². The lowest BCUT2D eigenvalue weighted by atomic mass is 10.2. The summed E-state index contributed by atoms with van der Waals surface area (Å²) in [5.74, 6) is 0.170. The number of aromatic nitrogens is 2. The second-order valence-electron chi connectivity index (χ2n) is 3.17. The van der Waals surface area contributed by atoms with Crippen molar-refractivity contribution in [2.75, 3.05) is 19.8 Å². The van der Waals surface area contributed by atoms with E-state index in [1.54, 1.807) is 16.7 Å². The van der Waals surface area contributed by atoms with Gasteiger partial charge in [0.15, 0.2) is 12.1 Å². The van der Waals surface area contributed by atoms with Gasteiger partial charge in [0.2, 0.25) is 0 Å². The lowest BCUT2D eigenvalue weighted by Crippen LogP contribution is -2.33. The SMILES string of the molecule is O=Cc1nccc([C@@H]2COCCN2Cl)n1. The van der Waals surface area contributed by atoms with Crippen molar-refractivity contribution in [2.24, 2.45) is 0 Å². The molecule has 1 aromatic heterocycles. The third kappa shape index (κ3) is 2.31. The summed E-state index contributed by atoms with van der Waals surface area (Å²) >= 11 is 6.02. The lowest BCUT2D eigenvalue weighted by Gasteiger charge is -2.29. The van der Waals surface area contributed by atoms with E-state index in [0.29, 0.717) is 31.7 Å². The molecule has 1 saturated heterocycles. The van der Waals surface area contributed by atoms with Gasteiger partial charge >= 0.3 is 0 Å². The first-order chi connectivity index (χ1) is 7.31. The molecule has 15 heavy (non-hydrogen) atoms. The number of aldehydes is 1. The van der Waals surface area contributed by atoms with E-state index in [2.05, 4.69) is 9.97 Å². The molecular formula is C9H10ClN3O2. The molecule has 0 bridgehead atoms. The molecule has 0 radical (unpaired) electrons. The summed E-state index contributed by atoms with van der Waals surface area (Å²) < 4.78 is 6.94. The van der Waals surface area contributed by atoms with Crippen LogP contribution in [0.2, 0.25) is 0 Å². The fourth-order valence-corrected chi connectivity index (χ4v) is 1.67. The van der Waals surface area contributed by atoms with E-state index < -0.39 is 0 Å². The van der Waals surface area contributed by atoms with Gasteiger partial charge in [0.25, 0.3) is 0 Å². The number of morpholine rings is 1. The molecule has 5 nitrogen and oxygen atoms in total. The maximum absolute atomic E-state index is 10.5. The molecule has 0 spiro atoms. The molecule has 1 atom stereocenters. The van der Waals surface area contributed by atoms with Crippen LogP contribution in [0.15, 0.2) is 12.3 Å². The highest BCUT2D eigenvalue weighted by atomic mass is 35.5. The van der Waals surface area contributed by atoms with Crippen molar-refractivity contribution in [1.82, 2.24) is 14.4 Å². The predicted octanol–water partition coefficient (Wildman–Crippen LogP) is 0.816. The fourth-order valence-electron chi connectivity index (χ4n) is 1.44. The van der Waals surface area contributed by atoms with Crippen molar-refractivity contribution >= 4 is 18.1 Å². The van der Waals surface area contributed by atoms with Crippen LogP contribution in [0, 0.1) is 0 Å². The number of halogens is 1. The van der Waals surface area contributed by atoms with Crippen LogP contribution in [0.1, 0.15) is 22.4 Å². The molecule has 0 aliphatic carbocycles. The summed E-state index contributed by atoms with van der Waals surface area (Å²) in [4.78, 5) is 18.4. The molecule has 0 aromatic carbocycles. The Balaban J connectivity index is 2.23. The molecule has 0 N–H and O–H groups in total. The van der Waals surface area contributed by atoms with Gasteiger partial charge < -0.3 is 4.74 Å². The summed E-state index contributed by atoms with van der Waals surface area (Å²) in [6, 6.07) is 1.63. The maximum Gasteiger partial charge on any atom is 0.192 e. The van der Waals surface area contributed by atoms with Crippen LogP contribution in [-0.2, 0) is 4.74 Å².